The number of rotatable bonds is 3. The third-order valence-corrected chi connectivity index (χ3v) is 4.13. The zero-order valence-electron chi connectivity index (χ0n) is 14.8. The number of halogens is 6. The van der Waals surface area contributed by atoms with Crippen LogP contribution in [-0.4, -0.2) is 15.9 Å². The van der Waals surface area contributed by atoms with Gasteiger partial charge in [0.25, 0.3) is 5.91 Å². The summed E-state index contributed by atoms with van der Waals surface area (Å²) in [6, 6.07) is 6.01. The number of amides is 1. The van der Waals surface area contributed by atoms with Gasteiger partial charge in [0.1, 0.15) is 0 Å². The number of pyridine rings is 2. The molecule has 0 saturated carbocycles. The van der Waals surface area contributed by atoms with Crippen LogP contribution >= 0.6 is 0 Å². The second-order valence-electron chi connectivity index (χ2n) is 6.27. The standard InChI is InChI=1S/C19H13F6N3O/c1-10-15(7-12-3-2-4-26-16(12)28-10)17(29)27-9-11-5-13(18(20,21)22)8-14(6-11)19(23,24)25/h2-8H,9H2,1H3,(H,27,29). The summed E-state index contributed by atoms with van der Waals surface area (Å²) in [6.07, 6.45) is -8.38. The molecule has 0 saturated heterocycles. The molecule has 0 unspecified atom stereocenters. The number of fused-ring (bicyclic) bond motifs is 1. The number of carbonyl (C=O) groups excluding carboxylic acids is 1. The van der Waals surface area contributed by atoms with Gasteiger partial charge in [0.2, 0.25) is 0 Å². The molecular weight excluding hydrogens is 400 g/mol. The van der Waals surface area contributed by atoms with Crippen LogP contribution in [0.4, 0.5) is 26.3 Å². The second kappa shape index (κ2) is 7.34. The lowest BCUT2D eigenvalue weighted by atomic mass is 10.0. The van der Waals surface area contributed by atoms with Crippen LogP contribution in [0.15, 0.2) is 42.6 Å². The normalized spacial score (nSPS) is 12.2. The fourth-order valence-corrected chi connectivity index (χ4v) is 2.72. The Morgan fingerprint density at radius 2 is 1.62 bits per heavy atom. The Morgan fingerprint density at radius 1 is 1.00 bits per heavy atom. The van der Waals surface area contributed by atoms with Crippen LogP contribution in [0.2, 0.25) is 0 Å². The SMILES string of the molecule is Cc1nc2ncccc2cc1C(=O)NCc1cc(C(F)(F)F)cc(C(F)(F)F)c1. The topological polar surface area (TPSA) is 54.9 Å². The summed E-state index contributed by atoms with van der Waals surface area (Å²) in [5, 5.41) is 2.92. The van der Waals surface area contributed by atoms with Crippen LogP contribution in [0.3, 0.4) is 0 Å². The van der Waals surface area contributed by atoms with Crippen LogP contribution in [0.25, 0.3) is 11.0 Å². The van der Waals surface area contributed by atoms with Gasteiger partial charge in [-0.25, -0.2) is 9.97 Å². The number of nitrogens with one attached hydrogen (secondary N) is 1. The van der Waals surface area contributed by atoms with Gasteiger partial charge in [-0.1, -0.05) is 0 Å². The average Bonchev–Trinajstić information content (AvgIpc) is 2.64. The summed E-state index contributed by atoms with van der Waals surface area (Å²) in [4.78, 5) is 20.7. The summed E-state index contributed by atoms with van der Waals surface area (Å²) in [7, 11) is 0. The van der Waals surface area contributed by atoms with Crippen molar-refractivity contribution in [3.8, 4) is 0 Å². The molecule has 0 spiro atoms. The molecule has 2 aromatic heterocycles. The number of alkyl halides is 6. The fraction of sp³-hybridized carbons (Fsp3) is 0.211. The number of carbonyl (C=O) groups is 1. The molecule has 0 radical (unpaired) electrons. The first kappa shape index (κ1) is 20.6. The third kappa shape index (κ3) is 4.64. The summed E-state index contributed by atoms with van der Waals surface area (Å²) < 4.78 is 77.6. The largest absolute Gasteiger partial charge is 0.416 e. The molecule has 3 aromatic rings. The molecule has 0 aliphatic rings. The van der Waals surface area contributed by atoms with Crippen LogP contribution < -0.4 is 5.32 Å². The highest BCUT2D eigenvalue weighted by molar-refractivity contribution is 5.98. The Bertz CT molecular complexity index is 1040. The van der Waals surface area contributed by atoms with E-state index in [1.807, 2.05) is 0 Å². The van der Waals surface area contributed by atoms with Crippen molar-refractivity contribution in [2.24, 2.45) is 0 Å². The predicted molar refractivity (Wildman–Crippen MR) is 91.9 cm³/mol. The van der Waals surface area contributed by atoms with Crippen LogP contribution in [-0.2, 0) is 18.9 Å². The quantitative estimate of drug-likeness (QED) is 0.621. The minimum Gasteiger partial charge on any atom is -0.348 e. The van der Waals surface area contributed by atoms with E-state index < -0.39 is 35.9 Å². The van der Waals surface area contributed by atoms with Gasteiger partial charge >= 0.3 is 12.4 Å². The minimum absolute atomic E-state index is 0.0374. The Kier molecular flexibility index (Phi) is 5.20. The first-order valence-corrected chi connectivity index (χ1v) is 8.24. The van der Waals surface area contributed by atoms with Gasteiger partial charge in [-0.2, -0.15) is 26.3 Å². The smallest absolute Gasteiger partial charge is 0.348 e. The number of hydrogen-bond donors (Lipinski definition) is 1. The first-order chi connectivity index (χ1) is 13.4. The maximum absolute atomic E-state index is 12.9. The van der Waals surface area contributed by atoms with Crippen LogP contribution in [0.1, 0.15) is 32.7 Å². The van der Waals surface area contributed by atoms with Gasteiger partial charge in [-0.15, -0.1) is 0 Å². The zero-order valence-corrected chi connectivity index (χ0v) is 14.8. The monoisotopic (exact) mass is 413 g/mol. The molecule has 152 valence electrons. The molecular formula is C19H13F6N3O. The van der Waals surface area contributed by atoms with Gasteiger partial charge in [0, 0.05) is 18.1 Å². The van der Waals surface area contributed by atoms with E-state index in [0.717, 1.165) is 0 Å². The predicted octanol–water partition coefficient (Wildman–Crippen LogP) is 4.91. The number of benzene rings is 1. The maximum Gasteiger partial charge on any atom is 0.416 e. The van der Waals surface area contributed by atoms with E-state index in [0.29, 0.717) is 28.9 Å². The van der Waals surface area contributed by atoms with E-state index in [9.17, 15) is 31.1 Å². The van der Waals surface area contributed by atoms with Crippen molar-refractivity contribution >= 4 is 16.9 Å². The van der Waals surface area contributed by atoms with Gasteiger partial charge in [-0.05, 0) is 48.9 Å². The molecule has 0 atom stereocenters. The Labute approximate surface area is 160 Å². The molecule has 0 bridgehead atoms. The van der Waals surface area contributed by atoms with Crippen molar-refractivity contribution < 1.29 is 31.1 Å². The Hall–Kier alpha value is -3.17. The van der Waals surface area contributed by atoms with Crippen molar-refractivity contribution in [1.82, 2.24) is 15.3 Å². The zero-order chi connectivity index (χ0) is 21.4. The van der Waals surface area contributed by atoms with E-state index >= 15 is 0 Å². The van der Waals surface area contributed by atoms with Gasteiger partial charge in [0.15, 0.2) is 5.65 Å². The summed E-state index contributed by atoms with van der Waals surface area (Å²) >= 11 is 0. The molecule has 0 aliphatic carbocycles. The molecule has 3 rings (SSSR count). The summed E-state index contributed by atoms with van der Waals surface area (Å²) in [5.41, 5.74) is -2.32. The first-order valence-electron chi connectivity index (χ1n) is 8.24. The molecule has 1 N–H and O–H groups in total. The van der Waals surface area contributed by atoms with E-state index in [-0.39, 0.29) is 17.2 Å². The van der Waals surface area contributed by atoms with Gasteiger partial charge in [0.05, 0.1) is 22.4 Å². The molecule has 4 nitrogen and oxygen atoms in total. The molecule has 0 aliphatic heterocycles. The van der Waals surface area contributed by atoms with E-state index in [2.05, 4.69) is 15.3 Å². The van der Waals surface area contributed by atoms with Gasteiger partial charge < -0.3 is 5.32 Å². The molecule has 1 amide bonds. The summed E-state index contributed by atoms with van der Waals surface area (Å²) in [6.45, 7) is 1.03. The molecule has 10 heteroatoms. The highest BCUT2D eigenvalue weighted by atomic mass is 19.4. The Balaban J connectivity index is 1.87. The lowest BCUT2D eigenvalue weighted by Crippen LogP contribution is -2.24. The molecule has 2 heterocycles. The average molecular weight is 413 g/mol. The van der Waals surface area contributed by atoms with Crippen LogP contribution in [0, 0.1) is 6.92 Å². The van der Waals surface area contributed by atoms with E-state index in [1.54, 1.807) is 19.1 Å². The van der Waals surface area contributed by atoms with Crippen molar-refractivity contribution in [2.75, 3.05) is 0 Å². The minimum atomic E-state index is -4.95. The second-order valence-corrected chi connectivity index (χ2v) is 6.27. The maximum atomic E-state index is 12.9. The summed E-state index contributed by atoms with van der Waals surface area (Å²) in [5.74, 6) is -0.674. The number of hydrogen-bond acceptors (Lipinski definition) is 3. The van der Waals surface area contributed by atoms with Gasteiger partial charge in [-0.3, -0.25) is 4.79 Å². The third-order valence-electron chi connectivity index (χ3n) is 4.13. The number of aryl methyl sites for hydroxylation is 1. The van der Waals surface area contributed by atoms with Crippen LogP contribution in [0.5, 0.6) is 0 Å². The number of aromatic nitrogens is 2. The Morgan fingerprint density at radius 3 is 2.21 bits per heavy atom. The fourth-order valence-electron chi connectivity index (χ4n) is 2.72. The van der Waals surface area contributed by atoms with Crippen molar-refractivity contribution in [1.29, 1.82) is 0 Å². The highest BCUT2D eigenvalue weighted by Crippen LogP contribution is 2.36. The van der Waals surface area contributed by atoms with Crippen molar-refractivity contribution in [3.63, 3.8) is 0 Å². The van der Waals surface area contributed by atoms with Crippen molar-refractivity contribution in [3.05, 3.63) is 70.5 Å². The highest BCUT2D eigenvalue weighted by Gasteiger charge is 2.36. The van der Waals surface area contributed by atoms with E-state index in [4.69, 9.17) is 0 Å². The lowest BCUT2D eigenvalue weighted by molar-refractivity contribution is -0.143. The molecule has 0 fully saturated rings. The lowest BCUT2D eigenvalue weighted by Gasteiger charge is -2.15. The van der Waals surface area contributed by atoms with E-state index in [1.165, 1.54) is 12.3 Å². The molecule has 29 heavy (non-hydrogen) atoms. The van der Waals surface area contributed by atoms with Crippen molar-refractivity contribution in [2.45, 2.75) is 25.8 Å². The molecule has 1 aromatic carbocycles. The number of nitrogens with zero attached hydrogens (tertiary/aromatic N) is 2.